The first-order chi connectivity index (χ1) is 11.0. The van der Waals surface area contributed by atoms with Crippen LogP contribution in [0, 0.1) is 0 Å². The Kier molecular flexibility index (Phi) is 19.0. The number of aliphatic carboxylic acids is 4. The summed E-state index contributed by atoms with van der Waals surface area (Å²) in [5, 5.41) is 32.2. The molecule has 11 heteroatoms. The zero-order chi connectivity index (χ0) is 19.7. The van der Waals surface area contributed by atoms with Crippen LogP contribution in [0.4, 0.5) is 0 Å². The van der Waals surface area contributed by atoms with Gasteiger partial charge in [0, 0.05) is 6.42 Å². The number of hydrogen-bond acceptors (Lipinski definition) is 7. The Morgan fingerprint density at radius 3 is 1.46 bits per heavy atom. The summed E-state index contributed by atoms with van der Waals surface area (Å²) in [5.74, 6) is -4.06. The van der Waals surface area contributed by atoms with Gasteiger partial charge >= 0.3 is 23.9 Å². The quantitative estimate of drug-likeness (QED) is 0.262. The summed E-state index contributed by atoms with van der Waals surface area (Å²) in [6, 6.07) is -1.72. The van der Waals surface area contributed by atoms with Crippen molar-refractivity contribution in [1.29, 1.82) is 0 Å². The van der Waals surface area contributed by atoms with E-state index in [1.165, 1.54) is 0 Å². The van der Waals surface area contributed by atoms with Crippen molar-refractivity contribution in [1.82, 2.24) is 0 Å². The molecule has 0 rings (SSSR count). The van der Waals surface area contributed by atoms with Gasteiger partial charge in [-0.1, -0.05) is 19.8 Å². The maximum absolute atomic E-state index is 10.1. The highest BCUT2D eigenvalue weighted by molar-refractivity contribution is 5.74. The smallest absolute Gasteiger partial charge is 0.320 e. The molecule has 0 aliphatic rings. The summed E-state index contributed by atoms with van der Waals surface area (Å²) >= 11 is 0. The monoisotopic (exact) mass is 353 g/mol. The molecule has 0 bridgehead atoms. The van der Waals surface area contributed by atoms with Crippen LogP contribution in [-0.2, 0) is 19.2 Å². The molecule has 0 aliphatic heterocycles. The minimum atomic E-state index is -1.17. The second-order valence-electron chi connectivity index (χ2n) is 4.56. The van der Waals surface area contributed by atoms with Crippen molar-refractivity contribution in [3.8, 4) is 0 Å². The minimum Gasteiger partial charge on any atom is -0.481 e. The summed E-state index contributed by atoms with van der Waals surface area (Å²) in [7, 11) is 0. The van der Waals surface area contributed by atoms with E-state index in [1.807, 2.05) is 6.92 Å². The van der Waals surface area contributed by atoms with Crippen molar-refractivity contribution in [2.75, 3.05) is 6.54 Å². The number of carboxylic acid groups (broad SMARTS) is 4. The van der Waals surface area contributed by atoms with Crippen LogP contribution in [0.2, 0.25) is 0 Å². The van der Waals surface area contributed by atoms with Crippen molar-refractivity contribution in [3.63, 3.8) is 0 Å². The Hall–Kier alpha value is -2.24. The maximum atomic E-state index is 10.1. The van der Waals surface area contributed by atoms with E-state index in [4.69, 9.17) is 31.9 Å². The van der Waals surface area contributed by atoms with Crippen LogP contribution in [0.5, 0.6) is 0 Å². The number of unbranched alkanes of at least 4 members (excludes halogenated alkanes) is 1. The number of carboxylic acids is 4. The highest BCUT2D eigenvalue weighted by Crippen LogP contribution is 1.97. The van der Waals surface area contributed by atoms with Crippen molar-refractivity contribution >= 4 is 23.9 Å². The van der Waals surface area contributed by atoms with Gasteiger partial charge in [0.15, 0.2) is 0 Å². The molecule has 2 atom stereocenters. The van der Waals surface area contributed by atoms with Gasteiger partial charge in [0.1, 0.15) is 12.1 Å². The van der Waals surface area contributed by atoms with E-state index in [0.29, 0.717) is 6.42 Å². The largest absolute Gasteiger partial charge is 0.481 e. The Morgan fingerprint density at radius 1 is 0.833 bits per heavy atom. The van der Waals surface area contributed by atoms with Gasteiger partial charge in [-0.3, -0.25) is 19.2 Å². The first-order valence-corrected chi connectivity index (χ1v) is 7.09. The van der Waals surface area contributed by atoms with E-state index in [0.717, 1.165) is 12.8 Å². The zero-order valence-electron chi connectivity index (χ0n) is 13.6. The highest BCUT2D eigenvalue weighted by Gasteiger charge is 2.12. The van der Waals surface area contributed by atoms with Gasteiger partial charge < -0.3 is 37.6 Å². The molecule has 0 fully saturated rings. The van der Waals surface area contributed by atoms with Crippen LogP contribution in [-0.4, -0.2) is 62.9 Å². The van der Waals surface area contributed by atoms with Gasteiger partial charge in [0.05, 0.1) is 6.54 Å². The molecule has 0 aromatic rings. The molecule has 0 heterocycles. The van der Waals surface area contributed by atoms with E-state index < -0.39 is 36.0 Å². The average Bonchev–Trinajstić information content (AvgIpc) is 2.50. The first-order valence-electron chi connectivity index (χ1n) is 7.09. The van der Waals surface area contributed by atoms with Crippen LogP contribution in [0.25, 0.3) is 0 Å². The Bertz CT molecular complexity index is 389. The summed E-state index contributed by atoms with van der Waals surface area (Å²) in [6.45, 7) is 1.73. The molecule has 11 nitrogen and oxygen atoms in total. The third-order valence-corrected chi connectivity index (χ3v) is 2.35. The topological polar surface area (TPSA) is 227 Å². The van der Waals surface area contributed by atoms with Crippen molar-refractivity contribution < 1.29 is 39.6 Å². The molecule has 0 spiro atoms. The second-order valence-corrected chi connectivity index (χ2v) is 4.56. The van der Waals surface area contributed by atoms with Gasteiger partial charge in [0.25, 0.3) is 0 Å². The molecule has 0 saturated heterocycles. The zero-order valence-corrected chi connectivity index (χ0v) is 13.6. The van der Waals surface area contributed by atoms with Gasteiger partial charge in [-0.25, -0.2) is 0 Å². The maximum Gasteiger partial charge on any atom is 0.320 e. The number of hydrogen-bond donors (Lipinski definition) is 7. The van der Waals surface area contributed by atoms with Gasteiger partial charge in [-0.2, -0.15) is 0 Å². The van der Waals surface area contributed by atoms with E-state index in [1.54, 1.807) is 0 Å². The number of nitrogens with two attached hydrogens (primary N) is 3. The lowest BCUT2D eigenvalue weighted by molar-refractivity contribution is -0.140. The second kappa shape index (κ2) is 17.1. The molecule has 0 aromatic heterocycles. The van der Waals surface area contributed by atoms with Gasteiger partial charge in [-0.05, 0) is 12.8 Å². The van der Waals surface area contributed by atoms with Crippen LogP contribution in [0.3, 0.4) is 0 Å². The standard InChI is InChI=1S/C6H13NO2.C5H9NO4.C2H5NO2/c1-2-3-4-5(7)6(8)9;6-3(5(9)10)1-2-4(7)8;3-1-2(4)5/h5H,2-4,7H2,1H3,(H,8,9);3H,1-2,6H2,(H,7,8)(H,9,10);1,3H2,(H,4,5)/t5-;3-;/m11./s1. The molecule has 0 amide bonds. The molecule has 0 aromatic carbocycles. The molecule has 0 aliphatic carbocycles. The first kappa shape index (κ1) is 26.6. The fourth-order valence-electron chi connectivity index (χ4n) is 0.950. The minimum absolute atomic E-state index is 0.0231. The number of carbonyl (C=O) groups is 4. The Morgan fingerprint density at radius 2 is 1.21 bits per heavy atom. The molecule has 0 saturated carbocycles. The SMILES string of the molecule is CCCC[C@@H](N)C(=O)O.NCC(=O)O.N[C@H](CCC(=O)O)C(=O)O. The molecule has 24 heavy (non-hydrogen) atoms. The third kappa shape index (κ3) is 24.8. The molecule has 0 unspecified atom stereocenters. The van der Waals surface area contributed by atoms with E-state index in [2.05, 4.69) is 5.73 Å². The fourth-order valence-corrected chi connectivity index (χ4v) is 0.950. The number of rotatable bonds is 9. The summed E-state index contributed by atoms with van der Waals surface area (Å²) in [4.78, 5) is 39.2. The lowest BCUT2D eigenvalue weighted by Gasteiger charge is -2.02. The summed E-state index contributed by atoms with van der Waals surface area (Å²) < 4.78 is 0. The molecular weight excluding hydrogens is 326 g/mol. The van der Waals surface area contributed by atoms with Crippen LogP contribution >= 0.6 is 0 Å². The fraction of sp³-hybridized carbons (Fsp3) is 0.692. The lowest BCUT2D eigenvalue weighted by atomic mass is 10.1. The van der Waals surface area contributed by atoms with Crippen molar-refractivity contribution in [3.05, 3.63) is 0 Å². The van der Waals surface area contributed by atoms with E-state index in [9.17, 15) is 19.2 Å². The van der Waals surface area contributed by atoms with Gasteiger partial charge in [-0.15, -0.1) is 0 Å². The molecule has 10 N–H and O–H groups in total. The highest BCUT2D eigenvalue weighted by atomic mass is 16.4. The predicted molar refractivity (Wildman–Crippen MR) is 84.3 cm³/mol. The van der Waals surface area contributed by atoms with Crippen LogP contribution < -0.4 is 17.2 Å². The third-order valence-electron chi connectivity index (χ3n) is 2.35. The molecular formula is C13H27N3O8. The van der Waals surface area contributed by atoms with E-state index >= 15 is 0 Å². The Labute approximate surface area is 139 Å². The average molecular weight is 353 g/mol. The predicted octanol–water partition coefficient (Wildman–Crippen LogP) is -1.12. The van der Waals surface area contributed by atoms with E-state index in [-0.39, 0.29) is 19.4 Å². The normalized spacial score (nSPS) is 11.7. The van der Waals surface area contributed by atoms with Crippen LogP contribution in [0.15, 0.2) is 0 Å². The molecule has 142 valence electrons. The Balaban J connectivity index is -0.000000291. The van der Waals surface area contributed by atoms with Crippen LogP contribution in [0.1, 0.15) is 39.0 Å². The van der Waals surface area contributed by atoms with Crippen molar-refractivity contribution in [2.45, 2.75) is 51.1 Å². The lowest BCUT2D eigenvalue weighted by Crippen LogP contribution is -2.30. The van der Waals surface area contributed by atoms with Gasteiger partial charge in [0.2, 0.25) is 0 Å². The summed E-state index contributed by atoms with van der Waals surface area (Å²) in [5.41, 5.74) is 14.8. The summed E-state index contributed by atoms with van der Waals surface area (Å²) in [6.07, 6.45) is 2.26. The molecule has 0 radical (unpaired) electrons. The van der Waals surface area contributed by atoms with Crippen molar-refractivity contribution in [2.24, 2.45) is 17.2 Å².